The third-order valence-electron chi connectivity index (χ3n) is 5.47. The molecule has 2 aromatic rings. The topological polar surface area (TPSA) is 66.5 Å². The number of nitrogens with one attached hydrogen (secondary N) is 1. The molecule has 1 heterocycles. The van der Waals surface area contributed by atoms with Gasteiger partial charge in [-0.3, -0.25) is 14.4 Å². The summed E-state index contributed by atoms with van der Waals surface area (Å²) in [6.07, 6.45) is 5.46. The van der Waals surface area contributed by atoms with Gasteiger partial charge in [-0.1, -0.05) is 49.7 Å². The van der Waals surface area contributed by atoms with Gasteiger partial charge in [0.05, 0.1) is 11.3 Å². The molecule has 30 heavy (non-hydrogen) atoms. The normalized spacial score (nSPS) is 13.7. The third-order valence-corrected chi connectivity index (χ3v) is 5.47. The number of piperidine rings is 1. The van der Waals surface area contributed by atoms with Gasteiger partial charge in [0, 0.05) is 31.5 Å². The monoisotopic (exact) mass is 406 g/mol. The van der Waals surface area contributed by atoms with Gasteiger partial charge in [-0.15, -0.1) is 0 Å². The van der Waals surface area contributed by atoms with Crippen molar-refractivity contribution < 1.29 is 14.4 Å². The molecule has 0 spiro atoms. The maximum absolute atomic E-state index is 12.8. The summed E-state index contributed by atoms with van der Waals surface area (Å²) in [4.78, 5) is 39.6. The number of likely N-dealkylation sites (tertiary alicyclic amines) is 1. The molecule has 1 saturated heterocycles. The van der Waals surface area contributed by atoms with E-state index in [1.165, 1.54) is 5.56 Å². The van der Waals surface area contributed by atoms with Crippen LogP contribution in [-0.2, 0) is 11.2 Å². The third kappa shape index (κ3) is 5.78. The lowest BCUT2D eigenvalue weighted by atomic mass is 10.0. The fourth-order valence-electron chi connectivity index (χ4n) is 3.78. The number of carbonyl (C=O) groups is 3. The van der Waals surface area contributed by atoms with Crippen molar-refractivity contribution in [3.05, 3.63) is 65.2 Å². The molecule has 2 aromatic carbocycles. The Bertz CT molecular complexity index is 884. The number of Topliss-reactive ketones (excluding diaryl/α,β-unsaturated/α-hetero) is 1. The fourth-order valence-corrected chi connectivity index (χ4v) is 3.78. The predicted molar refractivity (Wildman–Crippen MR) is 119 cm³/mol. The van der Waals surface area contributed by atoms with E-state index in [4.69, 9.17) is 0 Å². The molecule has 0 saturated carbocycles. The second kappa shape index (κ2) is 10.7. The van der Waals surface area contributed by atoms with Crippen LogP contribution in [0.5, 0.6) is 0 Å². The Kier molecular flexibility index (Phi) is 7.77. The Morgan fingerprint density at radius 3 is 2.30 bits per heavy atom. The maximum atomic E-state index is 12.8. The van der Waals surface area contributed by atoms with E-state index in [1.54, 1.807) is 24.3 Å². The van der Waals surface area contributed by atoms with Crippen LogP contribution in [0.25, 0.3) is 0 Å². The van der Waals surface area contributed by atoms with E-state index in [9.17, 15) is 14.4 Å². The molecule has 1 aliphatic heterocycles. The number of hydrogen-bond acceptors (Lipinski definition) is 3. The highest BCUT2D eigenvalue weighted by Crippen LogP contribution is 2.20. The maximum Gasteiger partial charge on any atom is 0.255 e. The van der Waals surface area contributed by atoms with Gasteiger partial charge in [0.2, 0.25) is 5.91 Å². The van der Waals surface area contributed by atoms with Gasteiger partial charge in [0.1, 0.15) is 0 Å². The summed E-state index contributed by atoms with van der Waals surface area (Å²) in [5.41, 5.74) is 2.85. The second-order valence-corrected chi connectivity index (χ2v) is 7.82. The molecule has 5 nitrogen and oxygen atoms in total. The number of carbonyl (C=O) groups excluding carboxylic acids is 3. The van der Waals surface area contributed by atoms with Crippen LogP contribution in [0.3, 0.4) is 0 Å². The Balaban J connectivity index is 1.57. The van der Waals surface area contributed by atoms with Crippen LogP contribution in [-0.4, -0.2) is 35.6 Å². The van der Waals surface area contributed by atoms with Crippen molar-refractivity contribution in [2.75, 3.05) is 18.4 Å². The van der Waals surface area contributed by atoms with Crippen LogP contribution in [0, 0.1) is 0 Å². The second-order valence-electron chi connectivity index (χ2n) is 7.82. The highest BCUT2D eigenvalue weighted by atomic mass is 16.2. The standard InChI is InChI=1S/C25H30N2O3/c1-2-8-19-11-13-20(14-12-19)23(28)15-16-24(29)26-22-10-5-4-9-21(22)25(30)27-17-6-3-7-18-27/h4-5,9-14H,2-3,6-8,15-18H2,1H3,(H,26,29). The van der Waals surface area contributed by atoms with E-state index in [0.717, 1.165) is 45.2 Å². The molecule has 158 valence electrons. The van der Waals surface area contributed by atoms with Gasteiger partial charge in [-0.05, 0) is 43.4 Å². The van der Waals surface area contributed by atoms with Gasteiger partial charge in [0.15, 0.2) is 5.78 Å². The van der Waals surface area contributed by atoms with Crippen molar-refractivity contribution in [1.82, 2.24) is 4.90 Å². The minimum Gasteiger partial charge on any atom is -0.339 e. The van der Waals surface area contributed by atoms with Gasteiger partial charge < -0.3 is 10.2 Å². The zero-order valence-corrected chi connectivity index (χ0v) is 17.7. The lowest BCUT2D eigenvalue weighted by Crippen LogP contribution is -2.36. The molecular formula is C25H30N2O3. The molecular weight excluding hydrogens is 376 g/mol. The zero-order chi connectivity index (χ0) is 21.3. The number of nitrogens with zero attached hydrogens (tertiary/aromatic N) is 1. The fraction of sp³-hybridized carbons (Fsp3) is 0.400. The Hall–Kier alpha value is -2.95. The van der Waals surface area contributed by atoms with Crippen LogP contribution in [0.15, 0.2) is 48.5 Å². The average molecular weight is 407 g/mol. The van der Waals surface area contributed by atoms with Gasteiger partial charge in [-0.25, -0.2) is 0 Å². The number of benzene rings is 2. The number of amides is 2. The highest BCUT2D eigenvalue weighted by Gasteiger charge is 2.21. The van der Waals surface area contributed by atoms with Crippen molar-refractivity contribution >= 4 is 23.3 Å². The summed E-state index contributed by atoms with van der Waals surface area (Å²) >= 11 is 0. The van der Waals surface area contributed by atoms with E-state index in [1.807, 2.05) is 29.2 Å². The van der Waals surface area contributed by atoms with E-state index >= 15 is 0 Å². The van der Waals surface area contributed by atoms with E-state index in [2.05, 4.69) is 12.2 Å². The van der Waals surface area contributed by atoms with Crippen LogP contribution in [0.2, 0.25) is 0 Å². The molecule has 0 bridgehead atoms. The molecule has 0 atom stereocenters. The molecule has 1 aliphatic rings. The summed E-state index contributed by atoms with van der Waals surface area (Å²) < 4.78 is 0. The number of aryl methyl sites for hydroxylation is 1. The van der Waals surface area contributed by atoms with Crippen molar-refractivity contribution in [2.24, 2.45) is 0 Å². The largest absolute Gasteiger partial charge is 0.339 e. The Morgan fingerprint density at radius 1 is 0.900 bits per heavy atom. The lowest BCUT2D eigenvalue weighted by Gasteiger charge is -2.27. The van der Waals surface area contributed by atoms with E-state index in [0.29, 0.717) is 16.8 Å². The Morgan fingerprint density at radius 2 is 1.60 bits per heavy atom. The molecule has 1 N–H and O–H groups in total. The first-order chi connectivity index (χ1) is 14.6. The predicted octanol–water partition coefficient (Wildman–Crippen LogP) is 4.87. The minimum atomic E-state index is -0.259. The first-order valence-corrected chi connectivity index (χ1v) is 10.9. The molecule has 2 amide bonds. The van der Waals surface area contributed by atoms with E-state index in [-0.39, 0.29) is 30.4 Å². The van der Waals surface area contributed by atoms with Crippen LogP contribution < -0.4 is 5.32 Å². The Labute approximate surface area is 178 Å². The van der Waals surface area contributed by atoms with Crippen molar-refractivity contribution in [1.29, 1.82) is 0 Å². The number of hydrogen-bond donors (Lipinski definition) is 1. The molecule has 1 fully saturated rings. The number of ketones is 1. The molecule has 3 rings (SSSR count). The van der Waals surface area contributed by atoms with Gasteiger partial charge >= 0.3 is 0 Å². The first-order valence-electron chi connectivity index (χ1n) is 10.9. The smallest absolute Gasteiger partial charge is 0.255 e. The van der Waals surface area contributed by atoms with Crippen molar-refractivity contribution in [3.63, 3.8) is 0 Å². The van der Waals surface area contributed by atoms with Gasteiger partial charge in [0.25, 0.3) is 5.91 Å². The number of para-hydroxylation sites is 1. The van der Waals surface area contributed by atoms with Crippen LogP contribution in [0.1, 0.15) is 71.7 Å². The first kappa shape index (κ1) is 21.8. The zero-order valence-electron chi connectivity index (χ0n) is 17.7. The van der Waals surface area contributed by atoms with Gasteiger partial charge in [-0.2, -0.15) is 0 Å². The molecule has 0 unspecified atom stereocenters. The molecule has 5 heteroatoms. The quantitative estimate of drug-likeness (QED) is 0.636. The van der Waals surface area contributed by atoms with Crippen LogP contribution in [0.4, 0.5) is 5.69 Å². The molecule has 0 aliphatic carbocycles. The summed E-state index contributed by atoms with van der Waals surface area (Å²) in [6.45, 7) is 3.63. The average Bonchev–Trinajstić information content (AvgIpc) is 2.79. The molecule has 0 aromatic heterocycles. The van der Waals surface area contributed by atoms with Crippen molar-refractivity contribution in [2.45, 2.75) is 51.9 Å². The minimum absolute atomic E-state index is 0.0474. The lowest BCUT2D eigenvalue weighted by molar-refractivity contribution is -0.116. The summed E-state index contributed by atoms with van der Waals surface area (Å²) in [5, 5.41) is 2.82. The summed E-state index contributed by atoms with van der Waals surface area (Å²) in [6, 6.07) is 14.7. The van der Waals surface area contributed by atoms with Crippen LogP contribution >= 0.6 is 0 Å². The molecule has 0 radical (unpaired) electrons. The highest BCUT2D eigenvalue weighted by molar-refractivity contribution is 6.05. The van der Waals surface area contributed by atoms with E-state index < -0.39 is 0 Å². The SMILES string of the molecule is CCCc1ccc(C(=O)CCC(=O)Nc2ccccc2C(=O)N2CCCCC2)cc1. The summed E-state index contributed by atoms with van der Waals surface area (Å²) in [5.74, 6) is -0.357. The number of rotatable bonds is 8. The number of anilines is 1. The van der Waals surface area contributed by atoms with Crippen molar-refractivity contribution in [3.8, 4) is 0 Å². The summed E-state index contributed by atoms with van der Waals surface area (Å²) in [7, 11) is 0.